The van der Waals surface area contributed by atoms with Crippen LogP contribution in [-0.4, -0.2) is 25.0 Å². The van der Waals surface area contributed by atoms with Gasteiger partial charge in [0.2, 0.25) is 5.91 Å². The number of amides is 2. The normalized spacial score (nSPS) is 13.0. The lowest BCUT2D eigenvalue weighted by Gasteiger charge is -2.25. The Labute approximate surface area is 161 Å². The van der Waals surface area contributed by atoms with Crippen molar-refractivity contribution in [1.29, 1.82) is 0 Å². The zero-order valence-corrected chi connectivity index (χ0v) is 16.6. The molecule has 0 heterocycles. The number of aryl methyl sites for hydroxylation is 1. The summed E-state index contributed by atoms with van der Waals surface area (Å²) in [5.41, 5.74) is 2.51. The fourth-order valence-electron chi connectivity index (χ4n) is 2.87. The average molecular weight is 368 g/mol. The molecule has 27 heavy (non-hydrogen) atoms. The minimum Gasteiger partial charge on any atom is -0.496 e. The molecule has 2 unspecified atom stereocenters. The van der Waals surface area contributed by atoms with Crippen molar-refractivity contribution in [1.82, 2.24) is 10.6 Å². The van der Waals surface area contributed by atoms with Crippen molar-refractivity contribution in [3.8, 4) is 5.75 Å². The molecule has 5 heteroatoms. The van der Waals surface area contributed by atoms with Crippen LogP contribution < -0.4 is 15.4 Å². The lowest BCUT2D eigenvalue weighted by molar-refractivity contribution is -0.124. The quantitative estimate of drug-likeness (QED) is 0.784. The second-order valence-corrected chi connectivity index (χ2v) is 7.03. The van der Waals surface area contributed by atoms with Gasteiger partial charge in [0.1, 0.15) is 11.8 Å². The molecule has 0 radical (unpaired) electrons. The highest BCUT2D eigenvalue weighted by atomic mass is 16.5. The maximum Gasteiger partial charge on any atom is 0.251 e. The maximum atomic E-state index is 12.8. The molecule has 0 aromatic heterocycles. The molecule has 144 valence electrons. The standard InChI is InChI=1S/C22H28N2O3/c1-14(2)20(24-21(25)17-12-10-15(3)11-13-17)22(26)23-16(4)18-8-6-7-9-19(18)27-5/h6-14,16,20H,1-5H3,(H,23,26)(H,24,25). The summed E-state index contributed by atoms with van der Waals surface area (Å²) in [6.45, 7) is 7.68. The van der Waals surface area contributed by atoms with Gasteiger partial charge in [0, 0.05) is 11.1 Å². The number of para-hydroxylation sites is 1. The number of methoxy groups -OCH3 is 1. The topological polar surface area (TPSA) is 67.4 Å². The highest BCUT2D eigenvalue weighted by Gasteiger charge is 2.26. The van der Waals surface area contributed by atoms with E-state index < -0.39 is 6.04 Å². The minimum absolute atomic E-state index is 0.0516. The van der Waals surface area contributed by atoms with E-state index in [1.54, 1.807) is 19.2 Å². The molecule has 2 aromatic rings. The van der Waals surface area contributed by atoms with Gasteiger partial charge in [-0.1, -0.05) is 49.7 Å². The molecule has 2 rings (SSSR count). The molecular formula is C22H28N2O3. The lowest BCUT2D eigenvalue weighted by atomic mass is 10.0. The van der Waals surface area contributed by atoms with Gasteiger partial charge in [0.25, 0.3) is 5.91 Å². The average Bonchev–Trinajstić information content (AvgIpc) is 2.65. The number of nitrogens with one attached hydrogen (secondary N) is 2. The highest BCUT2D eigenvalue weighted by Crippen LogP contribution is 2.24. The molecule has 0 aliphatic rings. The Kier molecular flexibility index (Phi) is 6.99. The van der Waals surface area contributed by atoms with Crippen molar-refractivity contribution >= 4 is 11.8 Å². The highest BCUT2D eigenvalue weighted by molar-refractivity contribution is 5.97. The van der Waals surface area contributed by atoms with Crippen molar-refractivity contribution in [2.24, 2.45) is 5.92 Å². The number of hydrogen-bond acceptors (Lipinski definition) is 3. The monoisotopic (exact) mass is 368 g/mol. The van der Waals surface area contributed by atoms with E-state index in [1.807, 2.05) is 64.1 Å². The molecule has 0 aliphatic carbocycles. The predicted octanol–water partition coefficient (Wildman–Crippen LogP) is 3.64. The fraction of sp³-hybridized carbons (Fsp3) is 0.364. The first kappa shape index (κ1) is 20.5. The van der Waals surface area contributed by atoms with Gasteiger partial charge in [-0.3, -0.25) is 9.59 Å². The van der Waals surface area contributed by atoms with E-state index in [0.29, 0.717) is 5.56 Å². The van der Waals surface area contributed by atoms with Crippen LogP contribution in [0, 0.1) is 12.8 Å². The van der Waals surface area contributed by atoms with Crippen LogP contribution in [0.4, 0.5) is 0 Å². The Morgan fingerprint density at radius 3 is 2.15 bits per heavy atom. The number of benzene rings is 2. The van der Waals surface area contributed by atoms with Gasteiger partial charge >= 0.3 is 0 Å². The van der Waals surface area contributed by atoms with Crippen LogP contribution in [0.1, 0.15) is 48.3 Å². The van der Waals surface area contributed by atoms with Crippen LogP contribution in [0.25, 0.3) is 0 Å². The first-order chi connectivity index (χ1) is 12.8. The summed E-state index contributed by atoms with van der Waals surface area (Å²) in [6.07, 6.45) is 0. The van der Waals surface area contributed by atoms with Gasteiger partial charge in [0.05, 0.1) is 13.2 Å². The molecular weight excluding hydrogens is 340 g/mol. The van der Waals surface area contributed by atoms with Crippen LogP contribution in [0.5, 0.6) is 5.75 Å². The number of ether oxygens (including phenoxy) is 1. The predicted molar refractivity (Wildman–Crippen MR) is 107 cm³/mol. The third kappa shape index (κ3) is 5.33. The zero-order valence-electron chi connectivity index (χ0n) is 16.6. The number of hydrogen-bond donors (Lipinski definition) is 2. The Balaban J connectivity index is 2.10. The van der Waals surface area contributed by atoms with Crippen LogP contribution in [0.2, 0.25) is 0 Å². The molecule has 0 saturated heterocycles. The van der Waals surface area contributed by atoms with E-state index in [9.17, 15) is 9.59 Å². The Bertz CT molecular complexity index is 784. The van der Waals surface area contributed by atoms with Gasteiger partial charge < -0.3 is 15.4 Å². The molecule has 0 saturated carbocycles. The van der Waals surface area contributed by atoms with E-state index in [1.165, 1.54) is 0 Å². The summed E-state index contributed by atoms with van der Waals surface area (Å²) in [4.78, 5) is 25.3. The number of carbonyl (C=O) groups excluding carboxylic acids is 2. The summed E-state index contributed by atoms with van der Waals surface area (Å²) >= 11 is 0. The second-order valence-electron chi connectivity index (χ2n) is 7.03. The van der Waals surface area contributed by atoms with Crippen molar-refractivity contribution in [2.75, 3.05) is 7.11 Å². The van der Waals surface area contributed by atoms with Gasteiger partial charge in [0.15, 0.2) is 0 Å². The van der Waals surface area contributed by atoms with E-state index in [0.717, 1.165) is 16.9 Å². The van der Waals surface area contributed by atoms with E-state index in [2.05, 4.69) is 10.6 Å². The third-order valence-electron chi connectivity index (χ3n) is 4.51. The molecule has 0 bridgehead atoms. The molecule has 5 nitrogen and oxygen atoms in total. The van der Waals surface area contributed by atoms with Crippen molar-refractivity contribution in [2.45, 2.75) is 39.8 Å². The second kappa shape index (κ2) is 9.21. The van der Waals surface area contributed by atoms with Crippen molar-refractivity contribution in [3.05, 3.63) is 65.2 Å². The van der Waals surface area contributed by atoms with E-state index in [-0.39, 0.29) is 23.8 Å². The summed E-state index contributed by atoms with van der Waals surface area (Å²) < 4.78 is 5.37. The molecule has 0 fully saturated rings. The summed E-state index contributed by atoms with van der Waals surface area (Å²) in [6, 6.07) is 14.0. The molecule has 0 aliphatic heterocycles. The molecule has 2 amide bonds. The van der Waals surface area contributed by atoms with Gasteiger partial charge in [-0.25, -0.2) is 0 Å². The number of rotatable bonds is 7. The molecule has 2 atom stereocenters. The molecule has 0 spiro atoms. The van der Waals surface area contributed by atoms with Crippen molar-refractivity contribution < 1.29 is 14.3 Å². The van der Waals surface area contributed by atoms with E-state index >= 15 is 0 Å². The van der Waals surface area contributed by atoms with E-state index in [4.69, 9.17) is 4.74 Å². The maximum absolute atomic E-state index is 12.8. The lowest BCUT2D eigenvalue weighted by Crippen LogP contribution is -2.50. The molecule has 2 aromatic carbocycles. The van der Waals surface area contributed by atoms with Gasteiger partial charge in [-0.2, -0.15) is 0 Å². The first-order valence-electron chi connectivity index (χ1n) is 9.14. The largest absolute Gasteiger partial charge is 0.496 e. The molecule has 2 N–H and O–H groups in total. The Hall–Kier alpha value is -2.82. The van der Waals surface area contributed by atoms with Crippen LogP contribution in [0.15, 0.2) is 48.5 Å². The SMILES string of the molecule is COc1ccccc1C(C)NC(=O)C(NC(=O)c1ccc(C)cc1)C(C)C. The summed E-state index contributed by atoms with van der Waals surface area (Å²) in [7, 11) is 1.60. The van der Waals surface area contributed by atoms with Crippen LogP contribution in [0.3, 0.4) is 0 Å². The first-order valence-corrected chi connectivity index (χ1v) is 9.14. The summed E-state index contributed by atoms with van der Waals surface area (Å²) in [5, 5.41) is 5.84. The third-order valence-corrected chi connectivity index (χ3v) is 4.51. The van der Waals surface area contributed by atoms with Gasteiger partial charge in [-0.05, 0) is 38.0 Å². The smallest absolute Gasteiger partial charge is 0.251 e. The Morgan fingerprint density at radius 1 is 0.926 bits per heavy atom. The fourth-order valence-corrected chi connectivity index (χ4v) is 2.87. The van der Waals surface area contributed by atoms with Crippen LogP contribution in [-0.2, 0) is 4.79 Å². The van der Waals surface area contributed by atoms with Crippen molar-refractivity contribution in [3.63, 3.8) is 0 Å². The van der Waals surface area contributed by atoms with Crippen LogP contribution >= 0.6 is 0 Å². The van der Waals surface area contributed by atoms with Gasteiger partial charge in [-0.15, -0.1) is 0 Å². The zero-order chi connectivity index (χ0) is 20.0. The Morgan fingerprint density at radius 2 is 1.56 bits per heavy atom. The number of carbonyl (C=O) groups is 2. The summed E-state index contributed by atoms with van der Waals surface area (Å²) in [5.74, 6) is 0.192. The minimum atomic E-state index is -0.629.